The molecule has 0 fully saturated rings. The highest BCUT2D eigenvalue weighted by atomic mass is 16.3. The van der Waals surface area contributed by atoms with Gasteiger partial charge < -0.3 is 4.42 Å². The summed E-state index contributed by atoms with van der Waals surface area (Å²) in [6, 6.07) is 23.1. The first-order chi connectivity index (χ1) is 12.4. The largest absolute Gasteiger partial charge is 0.435 e. The van der Waals surface area contributed by atoms with Crippen molar-refractivity contribution in [2.24, 2.45) is 0 Å². The van der Waals surface area contributed by atoms with Gasteiger partial charge in [0, 0.05) is 11.1 Å². The van der Waals surface area contributed by atoms with Crippen LogP contribution in [0, 0.1) is 6.92 Å². The molecule has 0 aliphatic rings. The van der Waals surface area contributed by atoms with Gasteiger partial charge in [-0.15, -0.1) is 0 Å². The number of aromatic nitrogens is 1. The van der Waals surface area contributed by atoms with Crippen molar-refractivity contribution in [2.75, 3.05) is 0 Å². The lowest BCUT2D eigenvalue weighted by molar-refractivity contribution is 0.590. The summed E-state index contributed by atoms with van der Waals surface area (Å²) in [6.07, 6.45) is 0. The van der Waals surface area contributed by atoms with Gasteiger partial charge in [0.05, 0.1) is 0 Å². The average molecular weight is 341 g/mol. The van der Waals surface area contributed by atoms with Crippen LogP contribution in [0.15, 0.2) is 71.1 Å². The van der Waals surface area contributed by atoms with E-state index in [1.807, 2.05) is 30.3 Å². The highest BCUT2D eigenvalue weighted by Crippen LogP contribution is 2.36. The van der Waals surface area contributed by atoms with Crippen molar-refractivity contribution in [3.8, 4) is 22.6 Å². The summed E-state index contributed by atoms with van der Waals surface area (Å²) in [5, 5.41) is 0. The lowest BCUT2D eigenvalue weighted by Gasteiger charge is -2.20. The van der Waals surface area contributed by atoms with Gasteiger partial charge in [0.2, 0.25) is 5.89 Å². The third-order valence-electron chi connectivity index (χ3n) is 4.74. The van der Waals surface area contributed by atoms with Crippen LogP contribution in [0.1, 0.15) is 31.9 Å². The van der Waals surface area contributed by atoms with Crippen LogP contribution in [-0.2, 0) is 5.41 Å². The average Bonchev–Trinajstić information content (AvgIpc) is 3.06. The maximum Gasteiger partial charge on any atom is 0.227 e. The predicted octanol–water partition coefficient (Wildman–Crippen LogP) is 6.77. The monoisotopic (exact) mass is 341 g/mol. The topological polar surface area (TPSA) is 26.0 Å². The van der Waals surface area contributed by atoms with Gasteiger partial charge in [0.25, 0.3) is 0 Å². The summed E-state index contributed by atoms with van der Waals surface area (Å²) in [4.78, 5) is 4.79. The SMILES string of the molecule is Cc1ccc(-c2cc(C(C)(C)C)cc3nc(-c4ccccc4)oc23)cc1. The zero-order valence-corrected chi connectivity index (χ0v) is 15.7. The van der Waals surface area contributed by atoms with E-state index in [2.05, 4.69) is 64.1 Å². The van der Waals surface area contributed by atoms with E-state index in [4.69, 9.17) is 9.40 Å². The molecule has 0 saturated carbocycles. The third kappa shape index (κ3) is 3.03. The van der Waals surface area contributed by atoms with Crippen LogP contribution >= 0.6 is 0 Å². The summed E-state index contributed by atoms with van der Waals surface area (Å²) in [7, 11) is 0. The number of nitrogens with zero attached hydrogens (tertiary/aromatic N) is 1. The van der Waals surface area contributed by atoms with Crippen LogP contribution < -0.4 is 0 Å². The number of rotatable bonds is 2. The Bertz CT molecular complexity index is 1050. The molecule has 1 aromatic heterocycles. The van der Waals surface area contributed by atoms with E-state index in [1.165, 1.54) is 11.1 Å². The summed E-state index contributed by atoms with van der Waals surface area (Å²) in [5.41, 5.74) is 7.56. The van der Waals surface area contributed by atoms with E-state index >= 15 is 0 Å². The minimum Gasteiger partial charge on any atom is -0.435 e. The molecule has 0 aliphatic heterocycles. The van der Waals surface area contributed by atoms with Crippen LogP contribution in [0.2, 0.25) is 0 Å². The standard InChI is InChI=1S/C24H23NO/c1-16-10-12-17(13-11-16)20-14-19(24(2,3)4)15-21-22(20)26-23(25-21)18-8-6-5-7-9-18/h5-15H,1-4H3. The summed E-state index contributed by atoms with van der Waals surface area (Å²) >= 11 is 0. The first-order valence-electron chi connectivity index (χ1n) is 8.99. The lowest BCUT2D eigenvalue weighted by atomic mass is 9.85. The zero-order chi connectivity index (χ0) is 18.3. The molecule has 2 nitrogen and oxygen atoms in total. The Labute approximate surface area is 154 Å². The van der Waals surface area contributed by atoms with Gasteiger partial charge in [-0.25, -0.2) is 4.98 Å². The van der Waals surface area contributed by atoms with Crippen LogP contribution in [0.4, 0.5) is 0 Å². The molecule has 0 atom stereocenters. The van der Waals surface area contributed by atoms with Gasteiger partial charge in [0.1, 0.15) is 5.52 Å². The lowest BCUT2D eigenvalue weighted by Crippen LogP contribution is -2.11. The van der Waals surface area contributed by atoms with Crippen LogP contribution in [0.5, 0.6) is 0 Å². The molecular weight excluding hydrogens is 318 g/mol. The molecule has 0 unspecified atom stereocenters. The Morgan fingerprint density at radius 2 is 1.50 bits per heavy atom. The molecule has 130 valence electrons. The quantitative estimate of drug-likeness (QED) is 0.402. The third-order valence-corrected chi connectivity index (χ3v) is 4.74. The van der Waals surface area contributed by atoms with Gasteiger partial charge in [-0.3, -0.25) is 0 Å². The van der Waals surface area contributed by atoms with Crippen LogP contribution in [0.3, 0.4) is 0 Å². The predicted molar refractivity (Wildman–Crippen MR) is 108 cm³/mol. The molecule has 2 heteroatoms. The molecule has 0 aliphatic carbocycles. The first-order valence-corrected chi connectivity index (χ1v) is 8.99. The Morgan fingerprint density at radius 1 is 0.808 bits per heavy atom. The Morgan fingerprint density at radius 3 is 2.15 bits per heavy atom. The fourth-order valence-corrected chi connectivity index (χ4v) is 3.12. The Balaban J connectivity index is 1.98. The van der Waals surface area contributed by atoms with E-state index in [-0.39, 0.29) is 5.41 Å². The summed E-state index contributed by atoms with van der Waals surface area (Å²) in [5.74, 6) is 0.667. The van der Waals surface area contributed by atoms with E-state index in [0.29, 0.717) is 5.89 Å². The molecular formula is C24H23NO. The maximum atomic E-state index is 6.23. The minimum absolute atomic E-state index is 0.0412. The molecule has 3 aromatic carbocycles. The van der Waals surface area contributed by atoms with E-state index in [1.54, 1.807) is 0 Å². The van der Waals surface area contributed by atoms with E-state index in [0.717, 1.165) is 27.8 Å². The smallest absolute Gasteiger partial charge is 0.227 e. The second-order valence-corrected chi connectivity index (χ2v) is 7.87. The Hall–Kier alpha value is -2.87. The van der Waals surface area contributed by atoms with Gasteiger partial charge in [0.15, 0.2) is 5.58 Å². The molecule has 4 aromatic rings. The normalized spacial score (nSPS) is 11.8. The van der Waals surface area contributed by atoms with Crippen molar-refractivity contribution < 1.29 is 4.42 Å². The van der Waals surface area contributed by atoms with Gasteiger partial charge in [-0.2, -0.15) is 0 Å². The zero-order valence-electron chi connectivity index (χ0n) is 15.7. The van der Waals surface area contributed by atoms with Crippen molar-refractivity contribution in [3.63, 3.8) is 0 Å². The summed E-state index contributed by atoms with van der Waals surface area (Å²) < 4.78 is 6.23. The van der Waals surface area contributed by atoms with Gasteiger partial charge >= 0.3 is 0 Å². The number of aryl methyl sites for hydroxylation is 1. The van der Waals surface area contributed by atoms with Crippen molar-refractivity contribution in [2.45, 2.75) is 33.1 Å². The highest BCUT2D eigenvalue weighted by molar-refractivity contribution is 5.92. The molecule has 0 bridgehead atoms. The van der Waals surface area contributed by atoms with Crippen molar-refractivity contribution in [1.29, 1.82) is 0 Å². The fraction of sp³-hybridized carbons (Fsp3) is 0.208. The second kappa shape index (κ2) is 6.14. The minimum atomic E-state index is 0.0412. The van der Waals surface area contributed by atoms with Gasteiger partial charge in [-0.1, -0.05) is 68.8 Å². The number of oxazole rings is 1. The fourth-order valence-electron chi connectivity index (χ4n) is 3.12. The van der Waals surface area contributed by atoms with Crippen molar-refractivity contribution in [1.82, 2.24) is 4.98 Å². The number of fused-ring (bicyclic) bond motifs is 1. The molecule has 1 heterocycles. The van der Waals surface area contributed by atoms with Crippen LogP contribution in [0.25, 0.3) is 33.7 Å². The number of benzene rings is 3. The molecule has 0 N–H and O–H groups in total. The first kappa shape index (κ1) is 16.6. The van der Waals surface area contributed by atoms with Gasteiger partial charge in [-0.05, 0) is 47.7 Å². The number of hydrogen-bond acceptors (Lipinski definition) is 2. The summed E-state index contributed by atoms with van der Waals surface area (Å²) in [6.45, 7) is 8.79. The number of hydrogen-bond donors (Lipinski definition) is 0. The van der Waals surface area contributed by atoms with Crippen LogP contribution in [-0.4, -0.2) is 4.98 Å². The molecule has 0 saturated heterocycles. The van der Waals surface area contributed by atoms with E-state index < -0.39 is 0 Å². The molecule has 0 amide bonds. The molecule has 0 spiro atoms. The van der Waals surface area contributed by atoms with E-state index in [9.17, 15) is 0 Å². The molecule has 4 rings (SSSR count). The second-order valence-electron chi connectivity index (χ2n) is 7.87. The molecule has 26 heavy (non-hydrogen) atoms. The maximum absolute atomic E-state index is 6.23. The van der Waals surface area contributed by atoms with Crippen molar-refractivity contribution >= 4 is 11.1 Å². The Kier molecular flexibility index (Phi) is 3.91. The molecule has 0 radical (unpaired) electrons. The van der Waals surface area contributed by atoms with Crippen molar-refractivity contribution in [3.05, 3.63) is 77.9 Å². The highest BCUT2D eigenvalue weighted by Gasteiger charge is 2.20.